The van der Waals surface area contributed by atoms with Crippen molar-refractivity contribution in [3.05, 3.63) is 118 Å². The molecule has 19 heteroatoms. The highest BCUT2D eigenvalue weighted by Gasteiger charge is 2.79. The number of benzene rings is 3. The number of amides is 1. The molecule has 11 atom stereocenters. The number of fused-ring (bicyclic) bond motifs is 5. The average Bonchev–Trinajstić information content (AvgIpc) is 2.42. The van der Waals surface area contributed by atoms with Gasteiger partial charge in [0.1, 0.15) is 35.5 Å². The summed E-state index contributed by atoms with van der Waals surface area (Å²) in [7, 11) is -5.75. The number of hydrogen-bond donors (Lipinski definition) is 2. The molecule has 4 aliphatic rings. The van der Waals surface area contributed by atoms with Gasteiger partial charge in [0.2, 0.25) is 0 Å². The van der Waals surface area contributed by atoms with Gasteiger partial charge in [0, 0.05) is 43.7 Å². The monoisotopic (exact) mass is 1120 g/mol. The minimum atomic E-state index is -3.00. The van der Waals surface area contributed by atoms with Gasteiger partial charge >= 0.3 is 23.9 Å². The van der Waals surface area contributed by atoms with Crippen molar-refractivity contribution >= 4 is 52.2 Å². The zero-order valence-electron chi connectivity index (χ0n) is 47.4. The lowest BCUT2D eigenvalue weighted by molar-refractivity contribution is -0.344. The second-order valence-electron chi connectivity index (χ2n) is 23.8. The fourth-order valence-electron chi connectivity index (χ4n) is 12.3. The number of hydrogen-bond acceptors (Lipinski definition) is 14. The lowest BCUT2D eigenvalue weighted by atomic mass is 9.44. The molecular weight excluding hydrogens is 1040 g/mol. The molecule has 3 aromatic rings. The Bertz CT molecular complexity index is 2790. The number of esters is 4. The van der Waals surface area contributed by atoms with E-state index >= 15 is 18.4 Å². The van der Waals surface area contributed by atoms with E-state index in [1.54, 1.807) is 88.4 Å². The zero-order chi connectivity index (χ0) is 57.7. The van der Waals surface area contributed by atoms with Crippen LogP contribution in [-0.2, 0) is 51.7 Å². The molecule has 1 heterocycles. The summed E-state index contributed by atoms with van der Waals surface area (Å²) in [5.41, 5.74) is -7.70. The molecule has 0 aromatic heterocycles. The summed E-state index contributed by atoms with van der Waals surface area (Å²) in [5, 5.41) is 16.9. The van der Waals surface area contributed by atoms with Crippen LogP contribution in [0.25, 0.3) is 0 Å². The first-order chi connectivity index (χ1) is 36.4. The van der Waals surface area contributed by atoms with E-state index in [0.29, 0.717) is 35.3 Å². The highest BCUT2D eigenvalue weighted by Crippen LogP contribution is 2.65. The first-order valence-electron chi connectivity index (χ1n) is 27.0. The van der Waals surface area contributed by atoms with Gasteiger partial charge in [-0.2, -0.15) is 0 Å². The first kappa shape index (κ1) is 60.2. The number of aliphatic hydroxyl groups is 1. The summed E-state index contributed by atoms with van der Waals surface area (Å²) in [4.78, 5) is 88.5. The molecule has 2 bridgehead atoms. The van der Waals surface area contributed by atoms with Gasteiger partial charge in [0.25, 0.3) is 5.91 Å². The summed E-state index contributed by atoms with van der Waals surface area (Å²) >= 11 is 0. The molecule has 3 aliphatic carbocycles. The SMILES string of the molecule is CC[Si](CC)(CC)O[C@H]1C[C@H]2OC[C@@]2(OC(C)=O)[C@H]2[C@H](OC(=O)c3cc(F)cc(F)c3)[C@]3(O)C[C@H](OC(=O)[C@H](O[Si](C)(C)C(C)(C)C)[C@@H](NC(=O)c4ccccc4)c4ccccc4)C(C)=C([C@@H](OC(C)=O)C(=O)[C@]12C)C3(C)C. The van der Waals surface area contributed by atoms with Gasteiger partial charge in [-0.25, -0.2) is 18.4 Å². The number of carbonyl (C=O) groups is 6. The maximum atomic E-state index is 16.6. The summed E-state index contributed by atoms with van der Waals surface area (Å²) in [6.07, 6.45) is -9.62. The fourth-order valence-corrected chi connectivity index (χ4v) is 16.5. The number of carbonyl (C=O) groups excluding carboxylic acids is 6. The van der Waals surface area contributed by atoms with Crippen LogP contribution in [0.3, 0.4) is 0 Å². The Hall–Kier alpha value is -5.45. The second kappa shape index (κ2) is 22.2. The van der Waals surface area contributed by atoms with E-state index in [4.69, 9.17) is 32.5 Å². The average molecular weight is 1120 g/mol. The molecule has 1 amide bonds. The number of nitrogens with one attached hydrogen (secondary N) is 1. The molecule has 1 saturated heterocycles. The quantitative estimate of drug-likeness (QED) is 0.0560. The van der Waals surface area contributed by atoms with E-state index in [9.17, 15) is 24.3 Å². The Kier molecular flexibility index (Phi) is 17.2. The Morgan fingerprint density at radius 2 is 1.41 bits per heavy atom. The molecule has 3 aromatic carbocycles. The molecular formula is C59H77F2NO14Si2. The van der Waals surface area contributed by atoms with Crippen LogP contribution < -0.4 is 5.32 Å². The minimum absolute atomic E-state index is 0.0115. The molecule has 424 valence electrons. The molecule has 2 saturated carbocycles. The van der Waals surface area contributed by atoms with Crippen LogP contribution in [0.1, 0.15) is 128 Å². The van der Waals surface area contributed by atoms with Crippen molar-refractivity contribution in [2.75, 3.05) is 6.61 Å². The van der Waals surface area contributed by atoms with E-state index in [1.807, 2.05) is 54.6 Å². The first-order valence-corrected chi connectivity index (χ1v) is 32.4. The third-order valence-electron chi connectivity index (χ3n) is 18.1. The van der Waals surface area contributed by atoms with Crippen LogP contribution in [0.15, 0.2) is 90.0 Å². The number of Topliss-reactive ketones (excluding diaryl/α,β-unsaturated/α-hetero) is 1. The topological polar surface area (TPSA) is 199 Å². The van der Waals surface area contributed by atoms with Crippen molar-refractivity contribution in [1.29, 1.82) is 0 Å². The van der Waals surface area contributed by atoms with Gasteiger partial charge in [0.15, 0.2) is 40.2 Å². The summed E-state index contributed by atoms with van der Waals surface area (Å²) in [5.74, 6) is -9.06. The molecule has 15 nitrogen and oxygen atoms in total. The van der Waals surface area contributed by atoms with Crippen LogP contribution in [0.5, 0.6) is 0 Å². The Morgan fingerprint density at radius 3 is 1.92 bits per heavy atom. The van der Waals surface area contributed by atoms with Crippen molar-refractivity contribution < 1.29 is 75.2 Å². The number of halogens is 2. The largest absolute Gasteiger partial charge is 0.456 e. The highest BCUT2D eigenvalue weighted by molar-refractivity contribution is 6.74. The van der Waals surface area contributed by atoms with E-state index in [-0.39, 0.29) is 24.2 Å². The molecule has 2 N–H and O–H groups in total. The normalized spacial score (nSPS) is 28.5. The van der Waals surface area contributed by atoms with Gasteiger partial charge < -0.3 is 43.0 Å². The molecule has 0 unspecified atom stereocenters. The van der Waals surface area contributed by atoms with E-state index in [1.165, 1.54) is 6.92 Å². The van der Waals surface area contributed by atoms with Gasteiger partial charge in [-0.3, -0.25) is 19.2 Å². The van der Waals surface area contributed by atoms with Crippen molar-refractivity contribution in [3.8, 4) is 0 Å². The summed E-state index contributed by atoms with van der Waals surface area (Å²) in [6.45, 7) is 24.1. The number of rotatable bonds is 17. The zero-order valence-corrected chi connectivity index (χ0v) is 49.4. The minimum Gasteiger partial charge on any atom is -0.456 e. The van der Waals surface area contributed by atoms with Crippen LogP contribution in [0.2, 0.25) is 36.3 Å². The van der Waals surface area contributed by atoms with Crippen molar-refractivity contribution in [2.45, 2.75) is 186 Å². The smallest absolute Gasteiger partial charge is 0.338 e. The molecule has 3 fully saturated rings. The Labute approximate surface area is 458 Å². The third-order valence-corrected chi connectivity index (χ3v) is 27.2. The van der Waals surface area contributed by atoms with Crippen LogP contribution in [0.4, 0.5) is 8.78 Å². The number of ether oxygens (including phenoxy) is 5. The fraction of sp³-hybridized carbons (Fsp3) is 0.559. The standard InChI is InChI=1S/C59H77F2NO14Si2/c1-15-78(16-2,17-3)75-43-31-44-58(33-70-44,74-36(6)64)49-51(73-53(67)39-28-40(60)30-41(61)29-39)59(69)32-42(34(4)45(56(59,10)11)47(71-35(5)63)50(65)57(43,49)12)72-54(68)48(76-77(13,14)55(7,8)9)46(37-24-20-18-21-25-37)62-52(66)38-26-22-19-23-27-38/h18-30,42-44,46-49,51,69H,15-17,31-33H2,1-14H3,(H,62,66)/t42-,43-,44+,46-,47+,48+,49-,51-,57+,58-,59+/m0/s1. The van der Waals surface area contributed by atoms with Crippen LogP contribution in [-0.4, -0.2) is 112 Å². The Morgan fingerprint density at radius 1 is 0.833 bits per heavy atom. The molecule has 78 heavy (non-hydrogen) atoms. The summed E-state index contributed by atoms with van der Waals surface area (Å²) in [6, 6.07) is 20.0. The number of ketones is 1. The molecule has 0 radical (unpaired) electrons. The Balaban J connectivity index is 1.51. The highest BCUT2D eigenvalue weighted by atomic mass is 28.4. The maximum absolute atomic E-state index is 16.6. The molecule has 7 rings (SSSR count). The lowest BCUT2D eigenvalue weighted by Gasteiger charge is -2.68. The van der Waals surface area contributed by atoms with Crippen molar-refractivity contribution in [2.24, 2.45) is 16.7 Å². The van der Waals surface area contributed by atoms with Gasteiger partial charge in [-0.05, 0) is 91.1 Å². The third kappa shape index (κ3) is 10.8. The predicted octanol–water partition coefficient (Wildman–Crippen LogP) is 10.1. The van der Waals surface area contributed by atoms with E-state index < -0.39 is 151 Å². The van der Waals surface area contributed by atoms with Crippen LogP contribution >= 0.6 is 0 Å². The van der Waals surface area contributed by atoms with Gasteiger partial charge in [-0.15, -0.1) is 0 Å². The van der Waals surface area contributed by atoms with E-state index in [0.717, 1.165) is 19.1 Å². The molecule has 1 aliphatic heterocycles. The molecule has 0 spiro atoms. The predicted molar refractivity (Wildman–Crippen MR) is 290 cm³/mol. The van der Waals surface area contributed by atoms with E-state index in [2.05, 4.69) is 5.32 Å². The maximum Gasteiger partial charge on any atom is 0.338 e. The lowest BCUT2D eigenvalue weighted by Crippen LogP contribution is -2.82. The van der Waals surface area contributed by atoms with Gasteiger partial charge in [0.05, 0.1) is 35.6 Å². The van der Waals surface area contributed by atoms with Crippen molar-refractivity contribution in [3.63, 3.8) is 0 Å². The van der Waals surface area contributed by atoms with Crippen molar-refractivity contribution in [1.82, 2.24) is 5.32 Å². The second-order valence-corrected chi connectivity index (χ2v) is 33.3. The van der Waals surface area contributed by atoms with Crippen LogP contribution in [0, 0.1) is 28.4 Å². The van der Waals surface area contributed by atoms with Gasteiger partial charge in [-0.1, -0.05) is 104 Å². The summed E-state index contributed by atoms with van der Waals surface area (Å²) < 4.78 is 76.5.